The van der Waals surface area contributed by atoms with Gasteiger partial charge < -0.3 is 40.3 Å². The van der Waals surface area contributed by atoms with E-state index in [1.54, 1.807) is 0 Å². The molecule has 0 aromatic rings. The minimum absolute atomic E-state index is 0.132. The standard InChI is InChI=1S/C43H85NO8/c1-3-5-7-9-11-13-14-15-16-17-18-19-20-21-22-23-25-26-28-30-32-37(46)36(35-51-43-42(50)41(49)40(48)38(34-45)52-43)44-39(47)33-31-29-27-24-12-10-8-6-4-2/h36-38,40-43,45-46,48-50H,3-35H2,1-2H3,(H,44,47). The van der Waals surface area contributed by atoms with Crippen LogP contribution in [0.1, 0.15) is 213 Å². The summed E-state index contributed by atoms with van der Waals surface area (Å²) in [7, 11) is 0. The summed E-state index contributed by atoms with van der Waals surface area (Å²) >= 11 is 0. The summed E-state index contributed by atoms with van der Waals surface area (Å²) in [5.74, 6) is -0.145. The second-order valence-corrected chi connectivity index (χ2v) is 15.9. The van der Waals surface area contributed by atoms with Crippen molar-refractivity contribution < 1.29 is 39.8 Å². The maximum atomic E-state index is 12.9. The highest BCUT2D eigenvalue weighted by molar-refractivity contribution is 5.76. The van der Waals surface area contributed by atoms with E-state index in [1.807, 2.05) is 0 Å². The Bertz CT molecular complexity index is 786. The van der Waals surface area contributed by atoms with Crippen LogP contribution in [0.15, 0.2) is 0 Å². The number of nitrogens with one attached hydrogen (secondary N) is 1. The highest BCUT2D eigenvalue weighted by atomic mass is 16.7. The number of hydrogen-bond acceptors (Lipinski definition) is 8. The fourth-order valence-corrected chi connectivity index (χ4v) is 7.34. The molecule has 310 valence electrons. The van der Waals surface area contributed by atoms with Crippen LogP contribution < -0.4 is 5.32 Å². The van der Waals surface area contributed by atoms with Gasteiger partial charge in [0.2, 0.25) is 5.91 Å². The van der Waals surface area contributed by atoms with E-state index in [1.165, 1.54) is 148 Å². The molecule has 6 N–H and O–H groups in total. The van der Waals surface area contributed by atoms with E-state index in [9.17, 15) is 30.3 Å². The van der Waals surface area contributed by atoms with Crippen molar-refractivity contribution in [2.75, 3.05) is 13.2 Å². The minimum atomic E-state index is -1.55. The summed E-state index contributed by atoms with van der Waals surface area (Å²) in [5, 5.41) is 54.2. The van der Waals surface area contributed by atoms with Gasteiger partial charge in [-0.15, -0.1) is 0 Å². The van der Waals surface area contributed by atoms with Crippen molar-refractivity contribution in [1.82, 2.24) is 5.32 Å². The monoisotopic (exact) mass is 744 g/mol. The van der Waals surface area contributed by atoms with Crippen LogP contribution in [0.5, 0.6) is 0 Å². The molecule has 1 rings (SSSR count). The van der Waals surface area contributed by atoms with E-state index in [2.05, 4.69) is 19.2 Å². The van der Waals surface area contributed by atoms with Crippen molar-refractivity contribution >= 4 is 5.91 Å². The van der Waals surface area contributed by atoms with Gasteiger partial charge in [0.15, 0.2) is 6.29 Å². The summed E-state index contributed by atoms with van der Waals surface area (Å²) < 4.78 is 11.2. The van der Waals surface area contributed by atoms with Crippen LogP contribution in [0.3, 0.4) is 0 Å². The van der Waals surface area contributed by atoms with Crippen molar-refractivity contribution in [2.24, 2.45) is 0 Å². The van der Waals surface area contributed by atoms with Crippen molar-refractivity contribution in [1.29, 1.82) is 0 Å². The predicted molar refractivity (Wildman–Crippen MR) is 212 cm³/mol. The van der Waals surface area contributed by atoms with Crippen LogP contribution in [-0.4, -0.2) is 87.5 Å². The largest absolute Gasteiger partial charge is 0.394 e. The third-order valence-electron chi connectivity index (χ3n) is 11.0. The average molecular weight is 744 g/mol. The first-order valence-electron chi connectivity index (χ1n) is 22.2. The number of ether oxygens (including phenoxy) is 2. The van der Waals surface area contributed by atoms with E-state index in [0.717, 1.165) is 38.5 Å². The zero-order valence-corrected chi connectivity index (χ0v) is 33.8. The lowest BCUT2D eigenvalue weighted by molar-refractivity contribution is -0.302. The molecule has 0 radical (unpaired) electrons. The Balaban J connectivity index is 2.27. The van der Waals surface area contributed by atoms with Gasteiger partial charge in [-0.3, -0.25) is 4.79 Å². The molecule has 1 amide bonds. The van der Waals surface area contributed by atoms with Crippen LogP contribution in [0.25, 0.3) is 0 Å². The Morgan fingerprint density at radius 1 is 0.577 bits per heavy atom. The maximum absolute atomic E-state index is 12.9. The lowest BCUT2D eigenvalue weighted by Gasteiger charge is -2.40. The zero-order valence-electron chi connectivity index (χ0n) is 33.8. The summed E-state index contributed by atoms with van der Waals surface area (Å²) in [5.41, 5.74) is 0. The molecule has 1 aliphatic heterocycles. The number of carbonyl (C=O) groups is 1. The number of aliphatic hydroxyl groups excluding tert-OH is 5. The summed E-state index contributed by atoms with van der Waals surface area (Å²) in [6.07, 6.45) is 29.8. The zero-order chi connectivity index (χ0) is 38.1. The number of amides is 1. The molecule has 0 aliphatic carbocycles. The van der Waals surface area contributed by atoms with E-state index < -0.39 is 49.5 Å². The van der Waals surface area contributed by atoms with Gasteiger partial charge in [-0.2, -0.15) is 0 Å². The molecule has 0 bridgehead atoms. The Hall–Kier alpha value is -0.810. The van der Waals surface area contributed by atoms with Gasteiger partial charge in [0, 0.05) is 6.42 Å². The summed E-state index contributed by atoms with van der Waals surface area (Å²) in [6.45, 7) is 3.82. The van der Waals surface area contributed by atoms with Gasteiger partial charge in [-0.05, 0) is 12.8 Å². The Kier molecular flexibility index (Phi) is 32.8. The second-order valence-electron chi connectivity index (χ2n) is 15.9. The number of aliphatic hydroxyl groups is 5. The van der Waals surface area contributed by atoms with Crippen molar-refractivity contribution in [3.63, 3.8) is 0 Å². The van der Waals surface area contributed by atoms with Crippen molar-refractivity contribution in [2.45, 2.75) is 256 Å². The van der Waals surface area contributed by atoms with Gasteiger partial charge >= 0.3 is 0 Å². The van der Waals surface area contributed by atoms with Gasteiger partial charge in [0.05, 0.1) is 25.4 Å². The molecular formula is C43H85NO8. The molecule has 1 fully saturated rings. The van der Waals surface area contributed by atoms with Crippen LogP contribution in [-0.2, 0) is 14.3 Å². The van der Waals surface area contributed by atoms with Gasteiger partial charge in [-0.25, -0.2) is 0 Å². The summed E-state index contributed by atoms with van der Waals surface area (Å²) in [6, 6.07) is -0.709. The van der Waals surface area contributed by atoms with E-state index >= 15 is 0 Å². The van der Waals surface area contributed by atoms with E-state index in [-0.39, 0.29) is 12.5 Å². The van der Waals surface area contributed by atoms with E-state index in [0.29, 0.717) is 12.8 Å². The quantitative estimate of drug-likeness (QED) is 0.0346. The van der Waals surface area contributed by atoms with Crippen LogP contribution >= 0.6 is 0 Å². The second kappa shape index (κ2) is 34.7. The molecule has 9 nitrogen and oxygen atoms in total. The average Bonchev–Trinajstić information content (AvgIpc) is 3.14. The highest BCUT2D eigenvalue weighted by Crippen LogP contribution is 2.23. The van der Waals surface area contributed by atoms with Crippen LogP contribution in [0.2, 0.25) is 0 Å². The van der Waals surface area contributed by atoms with Crippen LogP contribution in [0.4, 0.5) is 0 Å². The highest BCUT2D eigenvalue weighted by Gasteiger charge is 2.44. The first-order chi connectivity index (χ1) is 25.3. The number of unbranched alkanes of at least 4 members (excludes halogenated alkanes) is 27. The number of hydrogen-bond donors (Lipinski definition) is 6. The number of carbonyl (C=O) groups excluding carboxylic acids is 1. The molecular weight excluding hydrogens is 658 g/mol. The third-order valence-corrected chi connectivity index (χ3v) is 11.0. The first-order valence-corrected chi connectivity index (χ1v) is 22.2. The topological polar surface area (TPSA) is 149 Å². The molecule has 0 aromatic heterocycles. The molecule has 52 heavy (non-hydrogen) atoms. The molecule has 1 aliphatic rings. The Morgan fingerprint density at radius 3 is 1.37 bits per heavy atom. The lowest BCUT2D eigenvalue weighted by Crippen LogP contribution is -2.60. The molecule has 1 saturated heterocycles. The smallest absolute Gasteiger partial charge is 0.220 e. The molecule has 0 aromatic carbocycles. The maximum Gasteiger partial charge on any atom is 0.220 e. The predicted octanol–water partition coefficient (Wildman–Crippen LogP) is 8.78. The molecule has 0 saturated carbocycles. The fraction of sp³-hybridized carbons (Fsp3) is 0.977. The van der Waals surface area contributed by atoms with Crippen molar-refractivity contribution in [3.8, 4) is 0 Å². The third kappa shape index (κ3) is 25.3. The molecule has 7 unspecified atom stereocenters. The first kappa shape index (κ1) is 49.2. The SMILES string of the molecule is CCCCCCCCCCCCCCCCCCCCCCC(O)C(COC1OC(CO)C(O)C(O)C1O)NC(=O)CCCCCCCCCCC. The number of rotatable bonds is 37. The Morgan fingerprint density at radius 2 is 0.962 bits per heavy atom. The molecule has 1 heterocycles. The molecule has 0 spiro atoms. The van der Waals surface area contributed by atoms with E-state index in [4.69, 9.17) is 9.47 Å². The van der Waals surface area contributed by atoms with Crippen molar-refractivity contribution in [3.05, 3.63) is 0 Å². The van der Waals surface area contributed by atoms with Crippen LogP contribution in [0, 0.1) is 0 Å². The normalized spacial score (nSPS) is 21.7. The van der Waals surface area contributed by atoms with Gasteiger partial charge in [-0.1, -0.05) is 194 Å². The minimum Gasteiger partial charge on any atom is -0.394 e. The Labute approximate surface area is 319 Å². The van der Waals surface area contributed by atoms with Gasteiger partial charge in [0.1, 0.15) is 24.4 Å². The van der Waals surface area contributed by atoms with Gasteiger partial charge in [0.25, 0.3) is 0 Å². The summed E-state index contributed by atoms with van der Waals surface area (Å²) in [4.78, 5) is 12.9. The lowest BCUT2D eigenvalue weighted by atomic mass is 9.99. The molecule has 7 atom stereocenters. The fourth-order valence-electron chi connectivity index (χ4n) is 7.34. The molecule has 9 heteroatoms.